The molecule has 2 rings (SSSR count). The fourth-order valence-corrected chi connectivity index (χ4v) is 2.61. The first-order chi connectivity index (χ1) is 9.29. The SMILES string of the molecule is CC(CNCc1cccnc1C#N)CN1CCCC1. The van der Waals surface area contributed by atoms with Gasteiger partial charge in [0, 0.05) is 24.8 Å². The highest BCUT2D eigenvalue weighted by Gasteiger charge is 2.14. The van der Waals surface area contributed by atoms with Crippen molar-refractivity contribution < 1.29 is 0 Å². The summed E-state index contributed by atoms with van der Waals surface area (Å²) in [5, 5.41) is 12.4. The van der Waals surface area contributed by atoms with Crippen molar-refractivity contribution in [3.63, 3.8) is 0 Å². The molecule has 1 aliphatic rings. The van der Waals surface area contributed by atoms with Gasteiger partial charge in [0.2, 0.25) is 0 Å². The lowest BCUT2D eigenvalue weighted by Gasteiger charge is -2.20. The standard InChI is InChI=1S/C15H22N4/c1-13(12-19-7-2-3-8-19)10-17-11-14-5-4-6-18-15(14)9-16/h4-6,13,17H,2-3,7-8,10-12H2,1H3. The van der Waals surface area contributed by atoms with Crippen LogP contribution in [0.25, 0.3) is 0 Å². The van der Waals surface area contributed by atoms with Crippen molar-refractivity contribution in [1.29, 1.82) is 5.26 Å². The first kappa shape index (κ1) is 14.0. The summed E-state index contributed by atoms with van der Waals surface area (Å²) >= 11 is 0. The van der Waals surface area contributed by atoms with Gasteiger partial charge >= 0.3 is 0 Å². The van der Waals surface area contributed by atoms with E-state index in [0.717, 1.165) is 18.7 Å². The molecule has 1 unspecified atom stereocenters. The van der Waals surface area contributed by atoms with Gasteiger partial charge in [0.05, 0.1) is 0 Å². The third kappa shape index (κ3) is 4.30. The van der Waals surface area contributed by atoms with Crippen LogP contribution in [0.2, 0.25) is 0 Å². The predicted octanol–water partition coefficient (Wildman–Crippen LogP) is 1.77. The van der Waals surface area contributed by atoms with Gasteiger partial charge < -0.3 is 10.2 Å². The zero-order chi connectivity index (χ0) is 13.5. The van der Waals surface area contributed by atoms with E-state index in [1.165, 1.54) is 32.5 Å². The van der Waals surface area contributed by atoms with Gasteiger partial charge in [0.25, 0.3) is 0 Å². The minimum absolute atomic E-state index is 0.530. The molecule has 1 saturated heterocycles. The number of aromatic nitrogens is 1. The summed E-state index contributed by atoms with van der Waals surface area (Å²) in [7, 11) is 0. The largest absolute Gasteiger partial charge is 0.312 e. The zero-order valence-electron chi connectivity index (χ0n) is 11.6. The Morgan fingerprint density at radius 1 is 1.47 bits per heavy atom. The summed E-state index contributed by atoms with van der Waals surface area (Å²) in [6.45, 7) is 7.67. The molecule has 4 nitrogen and oxygen atoms in total. The molecule has 0 aromatic carbocycles. The molecule has 0 saturated carbocycles. The average molecular weight is 258 g/mol. The molecule has 1 aromatic rings. The fraction of sp³-hybridized carbons (Fsp3) is 0.600. The van der Waals surface area contributed by atoms with Crippen LogP contribution < -0.4 is 5.32 Å². The molecule has 1 fully saturated rings. The smallest absolute Gasteiger partial charge is 0.144 e. The molecule has 1 N–H and O–H groups in total. The molecular weight excluding hydrogens is 236 g/mol. The topological polar surface area (TPSA) is 52.0 Å². The number of rotatable bonds is 6. The van der Waals surface area contributed by atoms with Crippen molar-refractivity contribution >= 4 is 0 Å². The summed E-state index contributed by atoms with van der Waals surface area (Å²) in [5.74, 6) is 0.639. The monoisotopic (exact) mass is 258 g/mol. The molecule has 4 heteroatoms. The van der Waals surface area contributed by atoms with Crippen molar-refractivity contribution in [3.8, 4) is 6.07 Å². The van der Waals surface area contributed by atoms with Crippen LogP contribution in [0.1, 0.15) is 31.0 Å². The predicted molar refractivity (Wildman–Crippen MR) is 75.5 cm³/mol. The van der Waals surface area contributed by atoms with Gasteiger partial charge in [-0.1, -0.05) is 13.0 Å². The van der Waals surface area contributed by atoms with Crippen LogP contribution in [0.5, 0.6) is 0 Å². The molecule has 0 amide bonds. The number of nitriles is 1. The summed E-state index contributed by atoms with van der Waals surface area (Å²) in [4.78, 5) is 6.61. The van der Waals surface area contributed by atoms with E-state index in [4.69, 9.17) is 5.26 Å². The number of nitrogens with one attached hydrogen (secondary N) is 1. The van der Waals surface area contributed by atoms with Gasteiger partial charge in [-0.25, -0.2) is 4.98 Å². The highest BCUT2D eigenvalue weighted by molar-refractivity contribution is 5.30. The quantitative estimate of drug-likeness (QED) is 0.845. The lowest BCUT2D eigenvalue weighted by Crippen LogP contribution is -2.31. The minimum Gasteiger partial charge on any atom is -0.312 e. The average Bonchev–Trinajstić information content (AvgIpc) is 2.92. The summed E-state index contributed by atoms with van der Waals surface area (Å²) in [6.07, 6.45) is 4.36. The highest BCUT2D eigenvalue weighted by Crippen LogP contribution is 2.10. The van der Waals surface area contributed by atoms with Gasteiger partial charge in [-0.15, -0.1) is 0 Å². The van der Waals surface area contributed by atoms with Crippen LogP contribution in [-0.2, 0) is 6.54 Å². The van der Waals surface area contributed by atoms with E-state index < -0.39 is 0 Å². The highest BCUT2D eigenvalue weighted by atomic mass is 15.1. The third-order valence-electron chi connectivity index (χ3n) is 3.57. The van der Waals surface area contributed by atoms with E-state index in [1.54, 1.807) is 6.20 Å². The second kappa shape index (κ2) is 7.22. The molecular formula is C15H22N4. The van der Waals surface area contributed by atoms with E-state index in [-0.39, 0.29) is 0 Å². The van der Waals surface area contributed by atoms with Crippen molar-refractivity contribution in [3.05, 3.63) is 29.6 Å². The van der Waals surface area contributed by atoms with Gasteiger partial charge in [-0.05, 0) is 44.5 Å². The Morgan fingerprint density at radius 3 is 3.00 bits per heavy atom. The summed E-state index contributed by atoms with van der Waals surface area (Å²) in [5.41, 5.74) is 1.51. The molecule has 0 radical (unpaired) electrons. The first-order valence-corrected chi connectivity index (χ1v) is 7.06. The lowest BCUT2D eigenvalue weighted by molar-refractivity contribution is 0.282. The molecule has 19 heavy (non-hydrogen) atoms. The van der Waals surface area contributed by atoms with Crippen molar-refractivity contribution in [2.75, 3.05) is 26.2 Å². The van der Waals surface area contributed by atoms with Crippen LogP contribution in [0.4, 0.5) is 0 Å². The Balaban J connectivity index is 1.72. The second-order valence-corrected chi connectivity index (χ2v) is 5.37. The van der Waals surface area contributed by atoms with Crippen LogP contribution in [-0.4, -0.2) is 36.1 Å². The molecule has 2 heterocycles. The van der Waals surface area contributed by atoms with E-state index >= 15 is 0 Å². The van der Waals surface area contributed by atoms with Crippen LogP contribution in [0, 0.1) is 17.2 Å². The molecule has 102 valence electrons. The Hall–Kier alpha value is -1.44. The Kier molecular flexibility index (Phi) is 5.31. The maximum absolute atomic E-state index is 8.97. The number of pyridine rings is 1. The Bertz CT molecular complexity index is 432. The maximum atomic E-state index is 8.97. The van der Waals surface area contributed by atoms with Crippen LogP contribution >= 0.6 is 0 Å². The lowest BCUT2D eigenvalue weighted by atomic mass is 10.1. The molecule has 0 bridgehead atoms. The van der Waals surface area contributed by atoms with Crippen molar-refractivity contribution in [1.82, 2.24) is 15.2 Å². The van der Waals surface area contributed by atoms with E-state index in [2.05, 4.69) is 28.2 Å². The normalized spacial score (nSPS) is 17.3. The maximum Gasteiger partial charge on any atom is 0.144 e. The summed E-state index contributed by atoms with van der Waals surface area (Å²) in [6, 6.07) is 5.98. The zero-order valence-corrected chi connectivity index (χ0v) is 11.6. The minimum atomic E-state index is 0.530. The second-order valence-electron chi connectivity index (χ2n) is 5.37. The third-order valence-corrected chi connectivity index (χ3v) is 3.57. The molecule has 0 aliphatic carbocycles. The Labute approximate surface area is 115 Å². The Morgan fingerprint density at radius 2 is 2.26 bits per heavy atom. The van der Waals surface area contributed by atoms with Gasteiger partial charge in [0.1, 0.15) is 11.8 Å². The number of hydrogen-bond donors (Lipinski definition) is 1. The van der Waals surface area contributed by atoms with Gasteiger partial charge in [-0.2, -0.15) is 5.26 Å². The number of nitrogens with zero attached hydrogens (tertiary/aromatic N) is 3. The van der Waals surface area contributed by atoms with E-state index in [9.17, 15) is 0 Å². The van der Waals surface area contributed by atoms with Gasteiger partial charge in [0.15, 0.2) is 0 Å². The van der Waals surface area contributed by atoms with E-state index in [0.29, 0.717) is 11.6 Å². The molecule has 0 spiro atoms. The molecule has 1 atom stereocenters. The summed E-state index contributed by atoms with van der Waals surface area (Å²) < 4.78 is 0. The number of hydrogen-bond acceptors (Lipinski definition) is 4. The van der Waals surface area contributed by atoms with Crippen LogP contribution in [0.15, 0.2) is 18.3 Å². The van der Waals surface area contributed by atoms with Crippen LogP contribution in [0.3, 0.4) is 0 Å². The van der Waals surface area contributed by atoms with Gasteiger partial charge in [-0.3, -0.25) is 0 Å². The van der Waals surface area contributed by atoms with Crippen molar-refractivity contribution in [2.45, 2.75) is 26.3 Å². The number of likely N-dealkylation sites (tertiary alicyclic amines) is 1. The molecule has 1 aromatic heterocycles. The molecule has 1 aliphatic heterocycles. The first-order valence-electron chi connectivity index (χ1n) is 7.06. The fourth-order valence-electron chi connectivity index (χ4n) is 2.61. The van der Waals surface area contributed by atoms with E-state index in [1.807, 2.05) is 12.1 Å². The van der Waals surface area contributed by atoms with Crippen molar-refractivity contribution in [2.24, 2.45) is 5.92 Å².